The predicted molar refractivity (Wildman–Crippen MR) is 112 cm³/mol. The smallest absolute Gasteiger partial charge is 0.255 e. The number of methoxy groups -OCH3 is 2. The maximum atomic E-state index is 13.2. The van der Waals surface area contributed by atoms with E-state index in [1.54, 1.807) is 0 Å². The molecule has 0 aromatic heterocycles. The maximum absolute atomic E-state index is 13.2. The van der Waals surface area contributed by atoms with Crippen LogP contribution in [-0.4, -0.2) is 65.7 Å². The molecule has 2 aromatic rings. The van der Waals surface area contributed by atoms with Crippen molar-refractivity contribution in [1.29, 1.82) is 0 Å². The van der Waals surface area contributed by atoms with Gasteiger partial charge in [-0.3, -0.25) is 4.79 Å². The lowest BCUT2D eigenvalue weighted by atomic mass is 10.1. The third-order valence-corrected chi connectivity index (χ3v) is 6.78. The van der Waals surface area contributed by atoms with Crippen LogP contribution in [0.1, 0.15) is 15.9 Å². The second-order valence-electron chi connectivity index (χ2n) is 6.71. The summed E-state index contributed by atoms with van der Waals surface area (Å²) in [6.45, 7) is 1.55. The molecule has 0 saturated carbocycles. The van der Waals surface area contributed by atoms with E-state index >= 15 is 0 Å². The summed E-state index contributed by atoms with van der Waals surface area (Å²) < 4.78 is 43.5. The van der Waals surface area contributed by atoms with Crippen molar-refractivity contribution in [1.82, 2.24) is 9.62 Å². The minimum atomic E-state index is -3.86. The van der Waals surface area contributed by atoms with Gasteiger partial charge in [0.15, 0.2) is 0 Å². The van der Waals surface area contributed by atoms with Crippen LogP contribution in [0.4, 0.5) is 0 Å². The maximum Gasteiger partial charge on any atom is 0.255 e. The van der Waals surface area contributed by atoms with Gasteiger partial charge in [0.2, 0.25) is 10.0 Å². The van der Waals surface area contributed by atoms with Gasteiger partial charge in [-0.25, -0.2) is 8.42 Å². The summed E-state index contributed by atoms with van der Waals surface area (Å²) in [4.78, 5) is 12.7. The molecule has 162 valence electrons. The Morgan fingerprint density at radius 2 is 1.73 bits per heavy atom. The standard InChI is InChI=1S/C21H26N2O6S/c1-27-18-15-19(28-2)20(30(25,26)23-10-12-29-13-11-23)14-17(18)21(24)22-9-8-16-6-4-3-5-7-16/h3-7,14-15H,8-13H2,1-2H3,(H,22,24). The Morgan fingerprint density at radius 3 is 2.37 bits per heavy atom. The second kappa shape index (κ2) is 9.92. The van der Waals surface area contributed by atoms with E-state index in [1.165, 1.54) is 30.7 Å². The molecule has 9 heteroatoms. The van der Waals surface area contributed by atoms with Gasteiger partial charge in [0.25, 0.3) is 5.91 Å². The van der Waals surface area contributed by atoms with Crippen LogP contribution in [0.2, 0.25) is 0 Å². The molecule has 0 aliphatic carbocycles. The molecule has 0 unspecified atom stereocenters. The summed E-state index contributed by atoms with van der Waals surface area (Å²) in [6.07, 6.45) is 0.657. The van der Waals surface area contributed by atoms with Crippen LogP contribution >= 0.6 is 0 Å². The van der Waals surface area contributed by atoms with Crippen molar-refractivity contribution in [3.63, 3.8) is 0 Å². The average molecular weight is 435 g/mol. The number of carbonyl (C=O) groups excluding carboxylic acids is 1. The van der Waals surface area contributed by atoms with E-state index in [1.807, 2.05) is 30.3 Å². The molecule has 1 heterocycles. The Labute approximate surface area is 176 Å². The minimum absolute atomic E-state index is 0.0686. The van der Waals surface area contributed by atoms with E-state index in [-0.39, 0.29) is 35.0 Å². The zero-order valence-corrected chi connectivity index (χ0v) is 17.9. The molecular weight excluding hydrogens is 408 g/mol. The summed E-state index contributed by atoms with van der Waals surface area (Å²) in [7, 11) is -1.05. The summed E-state index contributed by atoms with van der Waals surface area (Å²) in [5, 5.41) is 2.83. The lowest BCUT2D eigenvalue weighted by Crippen LogP contribution is -2.40. The number of sulfonamides is 1. The van der Waals surface area contributed by atoms with Gasteiger partial charge in [0.1, 0.15) is 16.4 Å². The largest absolute Gasteiger partial charge is 0.496 e. The van der Waals surface area contributed by atoms with Gasteiger partial charge in [-0.1, -0.05) is 30.3 Å². The van der Waals surface area contributed by atoms with Crippen LogP contribution in [-0.2, 0) is 21.2 Å². The first-order chi connectivity index (χ1) is 14.5. The average Bonchev–Trinajstić information content (AvgIpc) is 2.79. The molecule has 0 bridgehead atoms. The zero-order chi connectivity index (χ0) is 21.6. The molecular formula is C21H26N2O6S. The molecule has 1 N–H and O–H groups in total. The Morgan fingerprint density at radius 1 is 1.07 bits per heavy atom. The molecule has 0 spiro atoms. The first kappa shape index (κ1) is 22.1. The Kier molecular flexibility index (Phi) is 7.30. The zero-order valence-electron chi connectivity index (χ0n) is 17.1. The Bertz CT molecular complexity index is 972. The van der Waals surface area contributed by atoms with E-state index in [4.69, 9.17) is 14.2 Å². The molecule has 1 aliphatic heterocycles. The fourth-order valence-electron chi connectivity index (χ4n) is 3.24. The quantitative estimate of drug-likeness (QED) is 0.680. The summed E-state index contributed by atoms with van der Waals surface area (Å²) in [5.41, 5.74) is 1.23. The van der Waals surface area contributed by atoms with E-state index in [2.05, 4.69) is 5.32 Å². The number of nitrogens with one attached hydrogen (secondary N) is 1. The highest BCUT2D eigenvalue weighted by atomic mass is 32.2. The molecule has 1 aliphatic rings. The monoisotopic (exact) mass is 434 g/mol. The number of nitrogens with zero attached hydrogens (tertiary/aromatic N) is 1. The number of amides is 1. The lowest BCUT2D eigenvalue weighted by Gasteiger charge is -2.27. The van der Waals surface area contributed by atoms with Crippen LogP contribution in [0, 0.1) is 0 Å². The predicted octanol–water partition coefficient (Wildman–Crippen LogP) is 1.70. The van der Waals surface area contributed by atoms with Crippen molar-refractivity contribution >= 4 is 15.9 Å². The van der Waals surface area contributed by atoms with Crippen molar-refractivity contribution in [2.45, 2.75) is 11.3 Å². The van der Waals surface area contributed by atoms with Crippen LogP contribution in [0.3, 0.4) is 0 Å². The lowest BCUT2D eigenvalue weighted by molar-refractivity contribution is 0.0729. The number of morpholine rings is 1. The van der Waals surface area contributed by atoms with Crippen molar-refractivity contribution in [3.05, 3.63) is 53.6 Å². The van der Waals surface area contributed by atoms with Gasteiger partial charge in [-0.05, 0) is 18.1 Å². The van der Waals surface area contributed by atoms with E-state index < -0.39 is 15.9 Å². The molecule has 2 aromatic carbocycles. The number of hydrogen-bond acceptors (Lipinski definition) is 6. The van der Waals surface area contributed by atoms with Gasteiger partial charge >= 0.3 is 0 Å². The molecule has 3 rings (SSSR count). The van der Waals surface area contributed by atoms with Crippen LogP contribution in [0.15, 0.2) is 47.4 Å². The topological polar surface area (TPSA) is 94.2 Å². The van der Waals surface area contributed by atoms with Crippen molar-refractivity contribution < 1.29 is 27.4 Å². The molecule has 1 fully saturated rings. The van der Waals surface area contributed by atoms with E-state index in [0.717, 1.165) is 5.56 Å². The molecule has 1 amide bonds. The summed E-state index contributed by atoms with van der Waals surface area (Å²) >= 11 is 0. The Hall–Kier alpha value is -2.62. The first-order valence-corrected chi connectivity index (χ1v) is 11.1. The van der Waals surface area contributed by atoms with Crippen molar-refractivity contribution in [3.8, 4) is 11.5 Å². The number of ether oxygens (including phenoxy) is 3. The molecule has 0 atom stereocenters. The van der Waals surface area contributed by atoms with Crippen molar-refractivity contribution in [2.24, 2.45) is 0 Å². The molecule has 1 saturated heterocycles. The number of rotatable bonds is 8. The second-order valence-corrected chi connectivity index (χ2v) is 8.62. The third-order valence-electron chi connectivity index (χ3n) is 4.86. The number of hydrogen-bond donors (Lipinski definition) is 1. The van der Waals surface area contributed by atoms with E-state index in [0.29, 0.717) is 26.2 Å². The third kappa shape index (κ3) is 4.92. The van der Waals surface area contributed by atoms with Gasteiger partial charge in [0, 0.05) is 25.7 Å². The highest BCUT2D eigenvalue weighted by molar-refractivity contribution is 7.89. The minimum Gasteiger partial charge on any atom is -0.496 e. The van der Waals surface area contributed by atoms with Gasteiger partial charge in [-0.15, -0.1) is 0 Å². The first-order valence-electron chi connectivity index (χ1n) is 9.63. The fraction of sp³-hybridized carbons (Fsp3) is 0.381. The normalized spacial score (nSPS) is 14.9. The number of carbonyl (C=O) groups is 1. The molecule has 0 radical (unpaired) electrons. The van der Waals surface area contributed by atoms with Crippen LogP contribution < -0.4 is 14.8 Å². The van der Waals surface area contributed by atoms with Crippen molar-refractivity contribution in [2.75, 3.05) is 47.1 Å². The summed E-state index contributed by atoms with van der Waals surface area (Å²) in [5.74, 6) is -0.0481. The van der Waals surface area contributed by atoms with Gasteiger partial charge in [-0.2, -0.15) is 4.31 Å². The molecule has 8 nitrogen and oxygen atoms in total. The SMILES string of the molecule is COc1cc(OC)c(S(=O)(=O)N2CCOCC2)cc1C(=O)NCCc1ccccc1. The van der Waals surface area contributed by atoms with Crippen LogP contribution in [0.5, 0.6) is 11.5 Å². The van der Waals surface area contributed by atoms with Gasteiger partial charge in [0.05, 0.1) is 33.0 Å². The van der Waals surface area contributed by atoms with E-state index in [9.17, 15) is 13.2 Å². The van der Waals surface area contributed by atoms with Crippen LogP contribution in [0.25, 0.3) is 0 Å². The summed E-state index contributed by atoms with van der Waals surface area (Å²) in [6, 6.07) is 12.5. The highest BCUT2D eigenvalue weighted by Crippen LogP contribution is 2.34. The number of benzene rings is 2. The van der Waals surface area contributed by atoms with Gasteiger partial charge < -0.3 is 19.5 Å². The highest BCUT2D eigenvalue weighted by Gasteiger charge is 2.31. The molecule has 30 heavy (non-hydrogen) atoms. The fourth-order valence-corrected chi connectivity index (χ4v) is 4.81. The Balaban J connectivity index is 1.86.